The van der Waals surface area contributed by atoms with E-state index < -0.39 is 6.10 Å². The van der Waals surface area contributed by atoms with Gasteiger partial charge in [-0.25, -0.2) is 9.97 Å². The first kappa shape index (κ1) is 18.9. The molecule has 0 radical (unpaired) electrons. The van der Waals surface area contributed by atoms with Crippen molar-refractivity contribution in [2.45, 2.75) is 39.2 Å². The summed E-state index contributed by atoms with van der Waals surface area (Å²) in [6, 6.07) is 9.62. The molecule has 148 valence electrons. The van der Waals surface area contributed by atoms with Crippen molar-refractivity contribution in [1.82, 2.24) is 14.9 Å². The number of anilines is 1. The predicted octanol–water partition coefficient (Wildman–Crippen LogP) is 2.59. The summed E-state index contributed by atoms with van der Waals surface area (Å²) in [5.74, 6) is 0.767. The number of aliphatic hydroxyl groups excluding tert-OH is 1. The number of aliphatic hydroxyl groups is 1. The average Bonchev–Trinajstić information content (AvgIpc) is 2.70. The van der Waals surface area contributed by atoms with E-state index in [0.29, 0.717) is 31.0 Å². The van der Waals surface area contributed by atoms with Gasteiger partial charge in [-0.2, -0.15) is 0 Å². The smallest absolute Gasteiger partial charge is 0.253 e. The zero-order chi connectivity index (χ0) is 19.7. The highest BCUT2D eigenvalue weighted by Crippen LogP contribution is 2.40. The second-order valence-electron chi connectivity index (χ2n) is 8.28. The number of nitrogens with zero attached hydrogens (tertiary/aromatic N) is 4. The van der Waals surface area contributed by atoms with Crippen LogP contribution in [0, 0.1) is 19.3 Å². The number of hydrogen-bond donors (Lipinski definition) is 1. The number of amides is 1. The van der Waals surface area contributed by atoms with Crippen LogP contribution in [0.15, 0.2) is 36.5 Å². The number of rotatable bonds is 2. The zero-order valence-corrected chi connectivity index (χ0v) is 16.6. The summed E-state index contributed by atoms with van der Waals surface area (Å²) in [4.78, 5) is 26.1. The highest BCUT2D eigenvalue weighted by molar-refractivity contribution is 5.94. The van der Waals surface area contributed by atoms with E-state index in [1.807, 2.05) is 49.1 Å². The molecule has 2 fully saturated rings. The Morgan fingerprint density at radius 2 is 1.93 bits per heavy atom. The van der Waals surface area contributed by atoms with Gasteiger partial charge in [0.25, 0.3) is 5.91 Å². The molecule has 2 atom stereocenters. The van der Waals surface area contributed by atoms with Crippen LogP contribution in [0.5, 0.6) is 0 Å². The molecule has 1 spiro atoms. The number of aryl methyl sites for hydroxylation is 2. The predicted molar refractivity (Wildman–Crippen MR) is 108 cm³/mol. The van der Waals surface area contributed by atoms with Gasteiger partial charge < -0.3 is 14.9 Å². The van der Waals surface area contributed by atoms with E-state index in [4.69, 9.17) is 0 Å². The van der Waals surface area contributed by atoms with Crippen LogP contribution in [-0.2, 0) is 0 Å². The number of carbonyl (C=O) groups is 1. The molecule has 0 aliphatic carbocycles. The fraction of sp³-hybridized carbons (Fsp3) is 0.500. The molecule has 1 amide bonds. The molecule has 3 heterocycles. The normalized spacial score (nSPS) is 25.2. The van der Waals surface area contributed by atoms with Gasteiger partial charge in [-0.3, -0.25) is 4.79 Å². The van der Waals surface area contributed by atoms with Crippen molar-refractivity contribution >= 4 is 11.9 Å². The summed E-state index contributed by atoms with van der Waals surface area (Å²) in [6.45, 7) is 6.70. The van der Waals surface area contributed by atoms with Crippen molar-refractivity contribution < 1.29 is 9.90 Å². The lowest BCUT2D eigenvalue weighted by molar-refractivity contribution is -0.0363. The third-order valence-electron chi connectivity index (χ3n) is 6.14. The molecule has 0 unspecified atom stereocenters. The van der Waals surface area contributed by atoms with E-state index in [1.54, 1.807) is 6.20 Å². The van der Waals surface area contributed by atoms with Crippen molar-refractivity contribution in [2.75, 3.05) is 31.1 Å². The lowest BCUT2D eigenvalue weighted by Gasteiger charge is -2.51. The Labute approximate surface area is 166 Å². The van der Waals surface area contributed by atoms with Gasteiger partial charge in [-0.15, -0.1) is 0 Å². The SMILES string of the molecule is Cc1ccc(C(=O)N2CCC[C@]3(C2)CN(c2nccc(C)n2)CC[C@H]3O)cc1. The molecule has 2 aliphatic heterocycles. The maximum absolute atomic E-state index is 13.0. The quantitative estimate of drug-likeness (QED) is 0.867. The molecule has 6 heteroatoms. The standard InChI is InChI=1S/C22H28N4O2/c1-16-4-6-18(7-5-16)20(28)25-12-3-10-22(14-25)15-26(13-9-19(22)27)21-23-11-8-17(2)24-21/h4-8,11,19,27H,3,9-10,12-15H2,1-2H3/t19-,22+/m1/s1. The van der Waals surface area contributed by atoms with Gasteiger partial charge in [0.15, 0.2) is 0 Å². The summed E-state index contributed by atoms with van der Waals surface area (Å²) in [5.41, 5.74) is 2.46. The fourth-order valence-corrected chi connectivity index (χ4v) is 4.52. The lowest BCUT2D eigenvalue weighted by Crippen LogP contribution is -2.60. The highest BCUT2D eigenvalue weighted by atomic mass is 16.3. The summed E-state index contributed by atoms with van der Waals surface area (Å²) in [7, 11) is 0. The number of aromatic nitrogens is 2. The first-order chi connectivity index (χ1) is 13.5. The Morgan fingerprint density at radius 3 is 2.68 bits per heavy atom. The minimum Gasteiger partial charge on any atom is -0.392 e. The van der Waals surface area contributed by atoms with Crippen LogP contribution in [0.3, 0.4) is 0 Å². The average molecular weight is 380 g/mol. The Hall–Kier alpha value is -2.47. The first-order valence-corrected chi connectivity index (χ1v) is 10.1. The Bertz CT molecular complexity index is 854. The monoisotopic (exact) mass is 380 g/mol. The molecular formula is C22H28N4O2. The van der Waals surface area contributed by atoms with Gasteiger partial charge >= 0.3 is 0 Å². The van der Waals surface area contributed by atoms with Crippen molar-refractivity contribution in [3.05, 3.63) is 53.3 Å². The van der Waals surface area contributed by atoms with Crippen molar-refractivity contribution in [2.24, 2.45) is 5.41 Å². The summed E-state index contributed by atoms with van der Waals surface area (Å²) in [5, 5.41) is 10.9. The lowest BCUT2D eigenvalue weighted by atomic mass is 9.71. The molecule has 6 nitrogen and oxygen atoms in total. The fourth-order valence-electron chi connectivity index (χ4n) is 4.52. The number of hydrogen-bond acceptors (Lipinski definition) is 5. The summed E-state index contributed by atoms with van der Waals surface area (Å²) < 4.78 is 0. The van der Waals surface area contributed by atoms with E-state index in [2.05, 4.69) is 14.9 Å². The first-order valence-electron chi connectivity index (χ1n) is 10.1. The van der Waals surface area contributed by atoms with Gasteiger partial charge in [0, 0.05) is 49.0 Å². The molecule has 2 aliphatic rings. The third-order valence-corrected chi connectivity index (χ3v) is 6.14. The van der Waals surface area contributed by atoms with Crippen LogP contribution >= 0.6 is 0 Å². The van der Waals surface area contributed by atoms with Gasteiger partial charge in [-0.05, 0) is 51.3 Å². The molecule has 1 N–H and O–H groups in total. The van der Waals surface area contributed by atoms with Gasteiger partial charge in [0.05, 0.1) is 6.10 Å². The maximum Gasteiger partial charge on any atom is 0.253 e. The van der Waals surface area contributed by atoms with Crippen LogP contribution < -0.4 is 4.90 Å². The molecule has 28 heavy (non-hydrogen) atoms. The number of benzene rings is 1. The van der Waals surface area contributed by atoms with Crippen molar-refractivity contribution in [3.63, 3.8) is 0 Å². The van der Waals surface area contributed by atoms with Crippen molar-refractivity contribution in [1.29, 1.82) is 0 Å². The van der Waals surface area contributed by atoms with E-state index >= 15 is 0 Å². The van der Waals surface area contributed by atoms with Gasteiger partial charge in [0.1, 0.15) is 0 Å². The van der Waals surface area contributed by atoms with Crippen LogP contribution in [0.1, 0.15) is 40.9 Å². The van der Waals surface area contributed by atoms with E-state index in [9.17, 15) is 9.90 Å². The van der Waals surface area contributed by atoms with Crippen molar-refractivity contribution in [3.8, 4) is 0 Å². The van der Waals surface area contributed by atoms with Gasteiger partial charge in [0.2, 0.25) is 5.95 Å². The largest absolute Gasteiger partial charge is 0.392 e. The van der Waals surface area contributed by atoms with E-state index in [-0.39, 0.29) is 11.3 Å². The molecule has 1 aromatic heterocycles. The van der Waals surface area contributed by atoms with E-state index in [0.717, 1.165) is 37.2 Å². The summed E-state index contributed by atoms with van der Waals surface area (Å²) >= 11 is 0. The molecule has 2 aromatic rings. The zero-order valence-electron chi connectivity index (χ0n) is 16.6. The minimum atomic E-state index is -0.415. The van der Waals surface area contributed by atoms with Crippen LogP contribution in [0.4, 0.5) is 5.95 Å². The second kappa shape index (κ2) is 7.51. The third kappa shape index (κ3) is 3.61. The molecule has 0 bridgehead atoms. The Morgan fingerprint density at radius 1 is 1.14 bits per heavy atom. The number of piperidine rings is 2. The number of likely N-dealkylation sites (tertiary alicyclic amines) is 1. The topological polar surface area (TPSA) is 69.6 Å². The molecule has 1 aromatic carbocycles. The van der Waals surface area contributed by atoms with Crippen LogP contribution in [-0.4, -0.2) is 58.2 Å². The van der Waals surface area contributed by atoms with E-state index in [1.165, 1.54) is 0 Å². The second-order valence-corrected chi connectivity index (χ2v) is 8.28. The van der Waals surface area contributed by atoms with Crippen LogP contribution in [0.25, 0.3) is 0 Å². The number of carbonyl (C=O) groups excluding carboxylic acids is 1. The Balaban J connectivity index is 1.55. The van der Waals surface area contributed by atoms with Gasteiger partial charge in [-0.1, -0.05) is 17.7 Å². The Kier molecular flexibility index (Phi) is 5.06. The molecule has 0 saturated carbocycles. The molecular weight excluding hydrogens is 352 g/mol. The highest BCUT2D eigenvalue weighted by Gasteiger charge is 2.47. The summed E-state index contributed by atoms with van der Waals surface area (Å²) in [6.07, 6.45) is 3.85. The van der Waals surface area contributed by atoms with Crippen LogP contribution in [0.2, 0.25) is 0 Å². The molecule has 2 saturated heterocycles. The maximum atomic E-state index is 13.0. The minimum absolute atomic E-state index is 0.0511. The molecule has 4 rings (SSSR count).